The predicted molar refractivity (Wildman–Crippen MR) is 67.9 cm³/mol. The van der Waals surface area contributed by atoms with Crippen LogP contribution in [0, 0.1) is 0 Å². The van der Waals surface area contributed by atoms with Crippen LogP contribution in [0.2, 0.25) is 0 Å². The first-order chi connectivity index (χ1) is 8.01. The van der Waals surface area contributed by atoms with Crippen LogP contribution in [0.15, 0.2) is 12.1 Å². The van der Waals surface area contributed by atoms with Gasteiger partial charge in [-0.1, -0.05) is 0 Å². The van der Waals surface area contributed by atoms with Crippen molar-refractivity contribution in [2.75, 3.05) is 14.2 Å². The molecule has 2 N–H and O–H groups in total. The lowest BCUT2D eigenvalue weighted by Gasteiger charge is -2.20. The first kappa shape index (κ1) is 13.6. The largest absolute Gasteiger partial charge is 0.493 e. The zero-order valence-corrected chi connectivity index (χ0v) is 11.1. The minimum absolute atomic E-state index is 0.0495. The molecule has 0 spiro atoms. The van der Waals surface area contributed by atoms with Gasteiger partial charge in [0.25, 0.3) is 0 Å². The third-order valence-corrected chi connectivity index (χ3v) is 2.37. The van der Waals surface area contributed by atoms with E-state index in [1.807, 2.05) is 32.9 Å². The van der Waals surface area contributed by atoms with Gasteiger partial charge in [0.05, 0.1) is 20.3 Å². The Morgan fingerprint density at radius 3 is 2.06 bits per heavy atom. The molecule has 0 saturated heterocycles. The molecule has 0 bridgehead atoms. The van der Waals surface area contributed by atoms with E-state index in [1.54, 1.807) is 14.2 Å². The Morgan fingerprint density at radius 2 is 1.65 bits per heavy atom. The van der Waals surface area contributed by atoms with Gasteiger partial charge in [-0.05, 0) is 32.9 Å². The number of nitrogens with two attached hydrogens (primary N) is 1. The highest BCUT2D eigenvalue weighted by molar-refractivity contribution is 5.56. The van der Waals surface area contributed by atoms with E-state index in [0.717, 1.165) is 5.56 Å². The molecule has 1 rings (SSSR count). The van der Waals surface area contributed by atoms with E-state index in [-0.39, 0.29) is 12.1 Å². The van der Waals surface area contributed by atoms with Gasteiger partial charge >= 0.3 is 0 Å². The minimum Gasteiger partial charge on any atom is -0.493 e. The summed E-state index contributed by atoms with van der Waals surface area (Å²) >= 11 is 0. The van der Waals surface area contributed by atoms with Gasteiger partial charge in [-0.2, -0.15) is 0 Å². The van der Waals surface area contributed by atoms with Crippen molar-refractivity contribution in [3.05, 3.63) is 17.7 Å². The van der Waals surface area contributed by atoms with Gasteiger partial charge in [-0.25, -0.2) is 0 Å². The summed E-state index contributed by atoms with van der Waals surface area (Å²) in [7, 11) is 3.19. The molecule has 0 aliphatic carbocycles. The number of rotatable bonds is 5. The average Bonchev–Trinajstić information content (AvgIpc) is 2.27. The van der Waals surface area contributed by atoms with Crippen LogP contribution in [-0.4, -0.2) is 20.3 Å². The molecule has 0 fully saturated rings. The second kappa shape index (κ2) is 5.77. The first-order valence-electron chi connectivity index (χ1n) is 5.68. The molecule has 1 atom stereocenters. The van der Waals surface area contributed by atoms with Crippen LogP contribution in [0.5, 0.6) is 17.2 Å². The number of methoxy groups -OCH3 is 2. The molecular weight excluding hydrogens is 218 g/mol. The topological polar surface area (TPSA) is 53.7 Å². The van der Waals surface area contributed by atoms with E-state index >= 15 is 0 Å². The van der Waals surface area contributed by atoms with Crippen molar-refractivity contribution in [3.8, 4) is 17.2 Å². The smallest absolute Gasteiger partial charge is 0.203 e. The Balaban J connectivity index is 3.33. The van der Waals surface area contributed by atoms with E-state index < -0.39 is 0 Å². The Morgan fingerprint density at radius 1 is 1.00 bits per heavy atom. The molecule has 1 aromatic rings. The van der Waals surface area contributed by atoms with Gasteiger partial charge in [0.2, 0.25) is 5.75 Å². The molecule has 4 heteroatoms. The average molecular weight is 239 g/mol. The maximum atomic E-state index is 5.93. The number of benzene rings is 1. The van der Waals surface area contributed by atoms with Crippen LogP contribution in [-0.2, 0) is 0 Å². The maximum absolute atomic E-state index is 5.93. The van der Waals surface area contributed by atoms with Crippen molar-refractivity contribution in [3.63, 3.8) is 0 Å². The van der Waals surface area contributed by atoms with Crippen molar-refractivity contribution in [1.82, 2.24) is 0 Å². The van der Waals surface area contributed by atoms with Crippen LogP contribution < -0.4 is 19.9 Å². The molecule has 0 radical (unpaired) electrons. The van der Waals surface area contributed by atoms with Gasteiger partial charge in [-0.15, -0.1) is 0 Å². The Hall–Kier alpha value is -1.42. The molecule has 0 saturated carbocycles. The summed E-state index contributed by atoms with van der Waals surface area (Å²) in [6.07, 6.45) is 0.0495. The second-order valence-corrected chi connectivity index (χ2v) is 4.17. The van der Waals surface area contributed by atoms with Crippen molar-refractivity contribution < 1.29 is 14.2 Å². The van der Waals surface area contributed by atoms with E-state index in [2.05, 4.69) is 0 Å². The van der Waals surface area contributed by atoms with Crippen LogP contribution in [0.4, 0.5) is 0 Å². The van der Waals surface area contributed by atoms with E-state index in [0.29, 0.717) is 17.2 Å². The fourth-order valence-electron chi connectivity index (χ4n) is 1.63. The zero-order chi connectivity index (χ0) is 13.0. The molecule has 4 nitrogen and oxygen atoms in total. The molecule has 1 aromatic carbocycles. The summed E-state index contributed by atoms with van der Waals surface area (Å²) in [5.74, 6) is 1.90. The van der Waals surface area contributed by atoms with Crippen molar-refractivity contribution >= 4 is 0 Å². The first-order valence-corrected chi connectivity index (χ1v) is 5.68. The Labute approximate surface area is 103 Å². The van der Waals surface area contributed by atoms with Crippen LogP contribution in [0.1, 0.15) is 32.4 Å². The van der Waals surface area contributed by atoms with Crippen LogP contribution in [0.25, 0.3) is 0 Å². The highest BCUT2D eigenvalue weighted by atomic mass is 16.5. The van der Waals surface area contributed by atoms with Gasteiger partial charge < -0.3 is 19.9 Å². The zero-order valence-electron chi connectivity index (χ0n) is 11.1. The lowest BCUT2D eigenvalue weighted by atomic mass is 10.1. The molecule has 0 amide bonds. The quantitative estimate of drug-likeness (QED) is 0.857. The number of hydrogen-bond acceptors (Lipinski definition) is 4. The normalized spacial score (nSPS) is 12.4. The van der Waals surface area contributed by atoms with Gasteiger partial charge in [0, 0.05) is 11.6 Å². The molecule has 0 heterocycles. The summed E-state index contributed by atoms with van der Waals surface area (Å²) in [6, 6.07) is 3.62. The summed E-state index contributed by atoms with van der Waals surface area (Å²) < 4.78 is 16.4. The molecule has 0 aliphatic rings. The molecule has 0 aliphatic heterocycles. The molecule has 96 valence electrons. The highest BCUT2D eigenvalue weighted by Crippen LogP contribution is 2.42. The molecule has 0 unspecified atom stereocenters. The third-order valence-electron chi connectivity index (χ3n) is 2.37. The Kier molecular flexibility index (Phi) is 4.63. The second-order valence-electron chi connectivity index (χ2n) is 4.17. The lowest BCUT2D eigenvalue weighted by Crippen LogP contribution is -2.13. The van der Waals surface area contributed by atoms with E-state index in [9.17, 15) is 0 Å². The van der Waals surface area contributed by atoms with Gasteiger partial charge in [-0.3, -0.25) is 0 Å². The van der Waals surface area contributed by atoms with Crippen LogP contribution in [0.3, 0.4) is 0 Å². The predicted octanol–water partition coefficient (Wildman–Crippen LogP) is 2.51. The minimum atomic E-state index is -0.122. The van der Waals surface area contributed by atoms with Crippen molar-refractivity contribution in [1.29, 1.82) is 0 Å². The van der Waals surface area contributed by atoms with Crippen molar-refractivity contribution in [2.45, 2.75) is 32.9 Å². The lowest BCUT2D eigenvalue weighted by molar-refractivity contribution is 0.223. The summed E-state index contributed by atoms with van der Waals surface area (Å²) in [4.78, 5) is 0. The third kappa shape index (κ3) is 3.03. The fraction of sp³-hybridized carbons (Fsp3) is 0.538. The van der Waals surface area contributed by atoms with Crippen molar-refractivity contribution in [2.24, 2.45) is 5.73 Å². The van der Waals surface area contributed by atoms with Gasteiger partial charge in [0.1, 0.15) is 0 Å². The monoisotopic (exact) mass is 239 g/mol. The number of hydrogen-bond donors (Lipinski definition) is 1. The highest BCUT2D eigenvalue weighted by Gasteiger charge is 2.19. The summed E-state index contributed by atoms with van der Waals surface area (Å²) in [5.41, 5.74) is 6.84. The van der Waals surface area contributed by atoms with Crippen LogP contribution >= 0.6 is 0 Å². The SMILES string of the molecule is COc1ccc([C@H](C)N)c(OC(C)C)c1OC. The standard InChI is InChI=1S/C13H21NO3/c1-8(2)17-12-10(9(3)14)6-7-11(15-4)13(12)16-5/h6-9H,14H2,1-5H3/t9-/m0/s1. The van der Waals surface area contributed by atoms with Gasteiger partial charge in [0.15, 0.2) is 11.5 Å². The number of ether oxygens (including phenoxy) is 3. The summed E-state index contributed by atoms with van der Waals surface area (Å²) in [6.45, 7) is 5.84. The molecular formula is C13H21NO3. The fourth-order valence-corrected chi connectivity index (χ4v) is 1.63. The molecule has 0 aromatic heterocycles. The Bertz CT molecular complexity index is 375. The van der Waals surface area contributed by atoms with E-state index in [4.69, 9.17) is 19.9 Å². The molecule has 17 heavy (non-hydrogen) atoms. The van der Waals surface area contributed by atoms with E-state index in [1.165, 1.54) is 0 Å². The maximum Gasteiger partial charge on any atom is 0.203 e. The summed E-state index contributed by atoms with van der Waals surface area (Å²) in [5, 5.41) is 0.